The first-order valence-corrected chi connectivity index (χ1v) is 6.20. The van der Waals surface area contributed by atoms with Crippen LogP contribution >= 0.6 is 11.3 Å². The van der Waals surface area contributed by atoms with Gasteiger partial charge >= 0.3 is 5.97 Å². The molecule has 2 aromatic heterocycles. The molecular formula is C12H9N3O2S. The molecule has 18 heavy (non-hydrogen) atoms. The van der Waals surface area contributed by atoms with Gasteiger partial charge < -0.3 is 5.11 Å². The maximum absolute atomic E-state index is 10.7. The molecule has 0 atom stereocenters. The predicted molar refractivity (Wildman–Crippen MR) is 67.9 cm³/mol. The largest absolute Gasteiger partial charge is 0.476 e. The van der Waals surface area contributed by atoms with Gasteiger partial charge in [-0.1, -0.05) is 23.4 Å². The minimum absolute atomic E-state index is 0.0328. The van der Waals surface area contributed by atoms with E-state index in [2.05, 4.69) is 27.8 Å². The summed E-state index contributed by atoms with van der Waals surface area (Å²) in [5.74, 6) is -1.06. The molecule has 3 aromatic rings. The van der Waals surface area contributed by atoms with Gasteiger partial charge in [-0.2, -0.15) is 0 Å². The molecule has 0 spiro atoms. The zero-order valence-corrected chi connectivity index (χ0v) is 10.1. The maximum atomic E-state index is 10.7. The van der Waals surface area contributed by atoms with Gasteiger partial charge in [-0.25, -0.2) is 9.48 Å². The van der Waals surface area contributed by atoms with E-state index in [9.17, 15) is 4.79 Å². The lowest BCUT2D eigenvalue weighted by molar-refractivity contribution is 0.0690. The number of nitrogens with zero attached hydrogens (tertiary/aromatic N) is 3. The molecule has 1 aromatic carbocycles. The molecule has 0 fully saturated rings. The standard InChI is InChI=1S/C12H9N3O2S/c16-12(17)10-6-15(14-13-10)5-8-7-18-11-4-2-1-3-9(8)11/h1-4,6-7H,5H2,(H,16,17). The second kappa shape index (κ2) is 4.23. The Hall–Kier alpha value is -2.21. The fourth-order valence-electron chi connectivity index (χ4n) is 1.80. The zero-order valence-electron chi connectivity index (χ0n) is 9.28. The third kappa shape index (κ3) is 1.86. The molecule has 0 aliphatic rings. The van der Waals surface area contributed by atoms with Crippen LogP contribution in [-0.2, 0) is 6.54 Å². The minimum atomic E-state index is -1.06. The Morgan fingerprint density at radius 3 is 3.00 bits per heavy atom. The van der Waals surface area contributed by atoms with Crippen molar-refractivity contribution < 1.29 is 9.90 Å². The van der Waals surface area contributed by atoms with Gasteiger partial charge in [-0.3, -0.25) is 0 Å². The van der Waals surface area contributed by atoms with Crippen molar-refractivity contribution in [3.8, 4) is 0 Å². The van der Waals surface area contributed by atoms with Crippen molar-refractivity contribution in [3.05, 3.63) is 47.1 Å². The molecule has 0 saturated heterocycles. The highest BCUT2D eigenvalue weighted by Crippen LogP contribution is 2.25. The van der Waals surface area contributed by atoms with Crippen LogP contribution in [0.25, 0.3) is 10.1 Å². The number of fused-ring (bicyclic) bond motifs is 1. The normalized spacial score (nSPS) is 10.9. The van der Waals surface area contributed by atoms with Gasteiger partial charge in [0.05, 0.1) is 12.7 Å². The number of hydrogen-bond acceptors (Lipinski definition) is 4. The van der Waals surface area contributed by atoms with Crippen molar-refractivity contribution in [2.75, 3.05) is 0 Å². The summed E-state index contributed by atoms with van der Waals surface area (Å²) in [5.41, 5.74) is 1.09. The summed E-state index contributed by atoms with van der Waals surface area (Å²) in [6, 6.07) is 8.10. The quantitative estimate of drug-likeness (QED) is 0.783. The molecule has 2 heterocycles. The zero-order chi connectivity index (χ0) is 12.5. The molecule has 5 nitrogen and oxygen atoms in total. The molecule has 0 bridgehead atoms. The first kappa shape index (κ1) is 10.9. The number of aromatic carboxylic acids is 1. The Bertz CT molecular complexity index is 717. The van der Waals surface area contributed by atoms with Crippen LogP contribution in [0.4, 0.5) is 0 Å². The smallest absolute Gasteiger partial charge is 0.358 e. The average Bonchev–Trinajstić information content (AvgIpc) is 2.98. The number of rotatable bonds is 3. The summed E-state index contributed by atoms with van der Waals surface area (Å²) >= 11 is 1.67. The van der Waals surface area contributed by atoms with Gasteiger partial charge in [0.15, 0.2) is 5.69 Å². The summed E-state index contributed by atoms with van der Waals surface area (Å²) in [6.45, 7) is 0.532. The van der Waals surface area contributed by atoms with Crippen LogP contribution in [-0.4, -0.2) is 26.1 Å². The lowest BCUT2D eigenvalue weighted by Gasteiger charge is -1.98. The van der Waals surface area contributed by atoms with Crippen molar-refractivity contribution in [1.29, 1.82) is 0 Å². The Labute approximate surface area is 106 Å². The molecular weight excluding hydrogens is 250 g/mol. The van der Waals surface area contributed by atoms with Gasteiger partial charge in [0.2, 0.25) is 0 Å². The number of thiophene rings is 1. The van der Waals surface area contributed by atoms with Crippen LogP contribution in [0.2, 0.25) is 0 Å². The summed E-state index contributed by atoms with van der Waals surface area (Å²) in [6.07, 6.45) is 1.44. The molecule has 0 amide bonds. The third-order valence-electron chi connectivity index (χ3n) is 2.65. The highest BCUT2D eigenvalue weighted by molar-refractivity contribution is 7.17. The highest BCUT2D eigenvalue weighted by Gasteiger charge is 2.10. The van der Waals surface area contributed by atoms with Crippen molar-refractivity contribution in [2.45, 2.75) is 6.54 Å². The van der Waals surface area contributed by atoms with Crippen molar-refractivity contribution in [1.82, 2.24) is 15.0 Å². The van der Waals surface area contributed by atoms with Gasteiger partial charge in [-0.05, 0) is 22.4 Å². The molecule has 3 rings (SSSR count). The van der Waals surface area contributed by atoms with E-state index in [1.807, 2.05) is 12.1 Å². The number of benzene rings is 1. The van der Waals surface area contributed by atoms with Crippen LogP contribution < -0.4 is 0 Å². The second-order valence-corrected chi connectivity index (χ2v) is 4.77. The summed E-state index contributed by atoms with van der Waals surface area (Å²) in [7, 11) is 0. The van der Waals surface area contributed by atoms with E-state index in [0.29, 0.717) is 6.54 Å². The number of carbonyl (C=O) groups is 1. The summed E-state index contributed by atoms with van der Waals surface area (Å²) in [5, 5.41) is 19.4. The van der Waals surface area contributed by atoms with Gasteiger partial charge in [0.25, 0.3) is 0 Å². The van der Waals surface area contributed by atoms with Crippen LogP contribution in [0, 0.1) is 0 Å². The van der Waals surface area contributed by atoms with Gasteiger partial charge in [0, 0.05) is 4.70 Å². The molecule has 0 saturated carbocycles. The maximum Gasteiger partial charge on any atom is 0.358 e. The van der Waals surface area contributed by atoms with Crippen LogP contribution in [0.3, 0.4) is 0 Å². The Morgan fingerprint density at radius 1 is 1.39 bits per heavy atom. The van der Waals surface area contributed by atoms with Crippen molar-refractivity contribution in [3.63, 3.8) is 0 Å². The lowest BCUT2D eigenvalue weighted by Crippen LogP contribution is -1.99. The topological polar surface area (TPSA) is 68.0 Å². The van der Waals surface area contributed by atoms with E-state index in [1.165, 1.54) is 21.0 Å². The molecule has 0 radical (unpaired) electrons. The highest BCUT2D eigenvalue weighted by atomic mass is 32.1. The fraction of sp³-hybridized carbons (Fsp3) is 0.0833. The summed E-state index contributed by atoms with van der Waals surface area (Å²) < 4.78 is 2.75. The lowest BCUT2D eigenvalue weighted by atomic mass is 10.2. The monoisotopic (exact) mass is 259 g/mol. The predicted octanol–water partition coefficient (Wildman–Crippen LogP) is 2.24. The van der Waals surface area contributed by atoms with E-state index in [0.717, 1.165) is 5.56 Å². The van der Waals surface area contributed by atoms with E-state index in [-0.39, 0.29) is 5.69 Å². The van der Waals surface area contributed by atoms with Crippen molar-refractivity contribution >= 4 is 27.4 Å². The van der Waals surface area contributed by atoms with Crippen LogP contribution in [0.15, 0.2) is 35.8 Å². The second-order valence-electron chi connectivity index (χ2n) is 3.86. The third-order valence-corrected chi connectivity index (χ3v) is 3.66. The van der Waals surface area contributed by atoms with Crippen LogP contribution in [0.1, 0.15) is 16.1 Å². The fourth-order valence-corrected chi connectivity index (χ4v) is 2.76. The molecule has 0 aliphatic heterocycles. The van der Waals surface area contributed by atoms with E-state index in [1.54, 1.807) is 11.3 Å². The first-order chi connectivity index (χ1) is 8.74. The Balaban J connectivity index is 1.93. The number of carboxylic acids is 1. The summed E-state index contributed by atoms with van der Waals surface area (Å²) in [4.78, 5) is 10.7. The molecule has 90 valence electrons. The molecule has 0 aliphatic carbocycles. The van der Waals surface area contributed by atoms with Gasteiger partial charge in [-0.15, -0.1) is 16.4 Å². The van der Waals surface area contributed by atoms with Crippen molar-refractivity contribution in [2.24, 2.45) is 0 Å². The van der Waals surface area contributed by atoms with E-state index < -0.39 is 5.97 Å². The number of hydrogen-bond donors (Lipinski definition) is 1. The Kier molecular flexibility index (Phi) is 2.56. The number of carboxylic acid groups (broad SMARTS) is 1. The SMILES string of the molecule is O=C(O)c1cn(Cc2csc3ccccc23)nn1. The molecule has 1 N–H and O–H groups in total. The van der Waals surface area contributed by atoms with E-state index in [4.69, 9.17) is 5.11 Å². The minimum Gasteiger partial charge on any atom is -0.476 e. The Morgan fingerprint density at radius 2 is 2.22 bits per heavy atom. The van der Waals surface area contributed by atoms with Crippen LogP contribution in [0.5, 0.6) is 0 Å². The molecule has 6 heteroatoms. The first-order valence-electron chi connectivity index (χ1n) is 5.32. The van der Waals surface area contributed by atoms with E-state index >= 15 is 0 Å². The molecule has 0 unspecified atom stereocenters. The average molecular weight is 259 g/mol. The van der Waals surface area contributed by atoms with Gasteiger partial charge in [0.1, 0.15) is 0 Å². The number of aromatic nitrogens is 3.